The smallest absolute Gasteiger partial charge is 0.326 e. The lowest BCUT2D eigenvalue weighted by molar-refractivity contribution is -0.148. The summed E-state index contributed by atoms with van der Waals surface area (Å²) in [5, 5.41) is 8.82. The summed E-state index contributed by atoms with van der Waals surface area (Å²) >= 11 is 3.35. The summed E-state index contributed by atoms with van der Waals surface area (Å²) in [6, 6.07) is 6.57. The number of carboxylic acids is 1. The van der Waals surface area contributed by atoms with Crippen LogP contribution < -0.4 is 0 Å². The van der Waals surface area contributed by atoms with Gasteiger partial charge in [-0.25, -0.2) is 4.79 Å². The summed E-state index contributed by atoms with van der Waals surface area (Å²) in [5.74, 6) is -1.22. The lowest BCUT2D eigenvalue weighted by Crippen LogP contribution is -2.41. The van der Waals surface area contributed by atoms with Gasteiger partial charge in [-0.2, -0.15) is 0 Å². The molecule has 0 aromatic heterocycles. The Morgan fingerprint density at radius 3 is 2.53 bits per heavy atom. The van der Waals surface area contributed by atoms with E-state index < -0.39 is 12.0 Å². The Morgan fingerprint density at radius 1 is 1.41 bits per heavy atom. The molecular weight excluding hydrogens is 286 g/mol. The summed E-state index contributed by atoms with van der Waals surface area (Å²) in [6.07, 6.45) is 0.190. The molecule has 0 saturated heterocycles. The third kappa shape index (κ3) is 3.56. The number of amides is 1. The second kappa shape index (κ2) is 5.82. The SMILES string of the molecule is CC(C(=O)O)N(C)C(=O)Cc1ccccc1Br. The maximum Gasteiger partial charge on any atom is 0.326 e. The summed E-state index contributed by atoms with van der Waals surface area (Å²) in [4.78, 5) is 23.9. The van der Waals surface area contributed by atoms with Gasteiger partial charge in [0.25, 0.3) is 0 Å². The van der Waals surface area contributed by atoms with Crippen molar-refractivity contribution in [2.45, 2.75) is 19.4 Å². The molecule has 5 heteroatoms. The topological polar surface area (TPSA) is 57.6 Å². The summed E-state index contributed by atoms with van der Waals surface area (Å²) in [6.45, 7) is 1.49. The van der Waals surface area contributed by atoms with Crippen LogP contribution in [0.2, 0.25) is 0 Å². The zero-order valence-electron chi connectivity index (χ0n) is 9.68. The van der Waals surface area contributed by atoms with E-state index in [4.69, 9.17) is 5.11 Å². The number of hydrogen-bond acceptors (Lipinski definition) is 2. The van der Waals surface area contributed by atoms with Crippen molar-refractivity contribution in [2.24, 2.45) is 0 Å². The van der Waals surface area contributed by atoms with Crippen molar-refractivity contribution >= 4 is 27.8 Å². The van der Waals surface area contributed by atoms with Gasteiger partial charge in [0.1, 0.15) is 6.04 Å². The third-order valence-corrected chi connectivity index (χ3v) is 3.40. The van der Waals surface area contributed by atoms with Crippen LogP contribution in [0.5, 0.6) is 0 Å². The number of carbonyl (C=O) groups is 2. The number of hydrogen-bond donors (Lipinski definition) is 1. The van der Waals surface area contributed by atoms with Crippen molar-refractivity contribution in [3.05, 3.63) is 34.3 Å². The van der Waals surface area contributed by atoms with Gasteiger partial charge in [0.05, 0.1) is 6.42 Å². The molecule has 0 aliphatic carbocycles. The molecular formula is C12H14BrNO3. The molecule has 1 aromatic carbocycles. The van der Waals surface area contributed by atoms with E-state index in [0.29, 0.717) is 0 Å². The molecule has 92 valence electrons. The van der Waals surface area contributed by atoms with Crippen LogP contribution in [0.15, 0.2) is 28.7 Å². The highest BCUT2D eigenvalue weighted by molar-refractivity contribution is 9.10. The average Bonchev–Trinajstić information content (AvgIpc) is 2.30. The third-order valence-electron chi connectivity index (χ3n) is 2.63. The standard InChI is InChI=1S/C12H14BrNO3/c1-8(12(16)17)14(2)11(15)7-9-5-3-4-6-10(9)13/h3-6,8H,7H2,1-2H3,(H,16,17). The molecule has 0 aliphatic rings. The second-order valence-electron chi connectivity index (χ2n) is 3.79. The molecule has 1 atom stereocenters. The minimum absolute atomic E-state index is 0.190. The predicted molar refractivity (Wildman–Crippen MR) is 67.7 cm³/mol. The fraction of sp³-hybridized carbons (Fsp3) is 0.333. The quantitative estimate of drug-likeness (QED) is 0.924. The first kappa shape index (κ1) is 13.7. The van der Waals surface area contributed by atoms with Gasteiger partial charge in [0, 0.05) is 11.5 Å². The summed E-state index contributed by atoms with van der Waals surface area (Å²) in [5.41, 5.74) is 0.849. The molecule has 17 heavy (non-hydrogen) atoms. The molecule has 0 spiro atoms. The molecule has 4 nitrogen and oxygen atoms in total. The average molecular weight is 300 g/mol. The molecule has 0 heterocycles. The fourth-order valence-electron chi connectivity index (χ4n) is 1.31. The van der Waals surface area contributed by atoms with Crippen molar-refractivity contribution in [3.8, 4) is 0 Å². The van der Waals surface area contributed by atoms with E-state index in [9.17, 15) is 9.59 Å². The monoisotopic (exact) mass is 299 g/mol. The Kier molecular flexibility index (Phi) is 4.69. The van der Waals surface area contributed by atoms with Gasteiger partial charge in [-0.15, -0.1) is 0 Å². The molecule has 1 amide bonds. The highest BCUT2D eigenvalue weighted by atomic mass is 79.9. The lowest BCUT2D eigenvalue weighted by atomic mass is 10.1. The first-order valence-electron chi connectivity index (χ1n) is 5.15. The van der Waals surface area contributed by atoms with Crippen LogP contribution in [0.1, 0.15) is 12.5 Å². The number of likely N-dealkylation sites (N-methyl/N-ethyl adjacent to an activating group) is 1. The molecule has 0 aliphatic heterocycles. The number of halogens is 1. The van der Waals surface area contributed by atoms with E-state index in [1.54, 1.807) is 0 Å². The van der Waals surface area contributed by atoms with E-state index in [-0.39, 0.29) is 12.3 Å². The van der Waals surface area contributed by atoms with Crippen LogP contribution >= 0.6 is 15.9 Å². The maximum absolute atomic E-state index is 11.9. The number of rotatable bonds is 4. The number of nitrogens with zero attached hydrogens (tertiary/aromatic N) is 1. The van der Waals surface area contributed by atoms with Crippen molar-refractivity contribution in [3.63, 3.8) is 0 Å². The van der Waals surface area contributed by atoms with Gasteiger partial charge in [-0.05, 0) is 18.6 Å². The number of benzene rings is 1. The molecule has 0 radical (unpaired) electrons. The molecule has 1 N–H and O–H groups in total. The lowest BCUT2D eigenvalue weighted by Gasteiger charge is -2.21. The van der Waals surface area contributed by atoms with Crippen LogP contribution in [-0.4, -0.2) is 35.0 Å². The first-order chi connectivity index (χ1) is 7.93. The second-order valence-corrected chi connectivity index (χ2v) is 4.64. The molecule has 1 unspecified atom stereocenters. The van der Waals surface area contributed by atoms with Crippen LogP contribution in [0.4, 0.5) is 0 Å². The number of carboxylic acid groups (broad SMARTS) is 1. The van der Waals surface area contributed by atoms with Crippen LogP contribution in [0.25, 0.3) is 0 Å². The predicted octanol–water partition coefficient (Wildman–Crippen LogP) is 1.92. The van der Waals surface area contributed by atoms with Gasteiger partial charge >= 0.3 is 5.97 Å². The Bertz CT molecular complexity index is 434. The van der Waals surface area contributed by atoms with E-state index >= 15 is 0 Å². The van der Waals surface area contributed by atoms with Gasteiger partial charge in [-0.3, -0.25) is 4.79 Å². The Hall–Kier alpha value is -1.36. The molecule has 1 rings (SSSR count). The zero-order valence-corrected chi connectivity index (χ0v) is 11.3. The van der Waals surface area contributed by atoms with Crippen molar-refractivity contribution in [1.29, 1.82) is 0 Å². The van der Waals surface area contributed by atoms with E-state index in [2.05, 4.69) is 15.9 Å². The zero-order chi connectivity index (χ0) is 13.0. The number of carbonyl (C=O) groups excluding carboxylic acids is 1. The highest BCUT2D eigenvalue weighted by Crippen LogP contribution is 2.17. The largest absolute Gasteiger partial charge is 0.480 e. The summed E-state index contributed by atoms with van der Waals surface area (Å²) < 4.78 is 0.852. The molecule has 0 bridgehead atoms. The van der Waals surface area contributed by atoms with Crippen molar-refractivity contribution < 1.29 is 14.7 Å². The minimum atomic E-state index is -1.01. The van der Waals surface area contributed by atoms with Crippen molar-refractivity contribution in [1.82, 2.24) is 4.90 Å². The molecule has 1 aromatic rings. The normalized spacial score (nSPS) is 11.9. The van der Waals surface area contributed by atoms with E-state index in [1.165, 1.54) is 18.9 Å². The van der Waals surface area contributed by atoms with Crippen LogP contribution in [0, 0.1) is 0 Å². The first-order valence-corrected chi connectivity index (χ1v) is 5.94. The minimum Gasteiger partial charge on any atom is -0.480 e. The van der Waals surface area contributed by atoms with Crippen LogP contribution in [-0.2, 0) is 16.0 Å². The number of aliphatic carboxylic acids is 1. The van der Waals surface area contributed by atoms with Crippen molar-refractivity contribution in [2.75, 3.05) is 7.05 Å². The van der Waals surface area contributed by atoms with Gasteiger partial charge in [0.15, 0.2) is 0 Å². The van der Waals surface area contributed by atoms with Gasteiger partial charge in [0.2, 0.25) is 5.91 Å². The van der Waals surface area contributed by atoms with E-state index in [1.807, 2.05) is 24.3 Å². The Labute approximate surface area is 108 Å². The fourth-order valence-corrected chi connectivity index (χ4v) is 1.74. The molecule has 0 fully saturated rings. The summed E-state index contributed by atoms with van der Waals surface area (Å²) in [7, 11) is 1.50. The van der Waals surface area contributed by atoms with E-state index in [0.717, 1.165) is 10.0 Å². The Balaban J connectivity index is 2.73. The Morgan fingerprint density at radius 2 is 2.00 bits per heavy atom. The molecule has 0 saturated carbocycles. The van der Waals surface area contributed by atoms with Gasteiger partial charge in [-0.1, -0.05) is 34.1 Å². The highest BCUT2D eigenvalue weighted by Gasteiger charge is 2.21. The maximum atomic E-state index is 11.9. The van der Waals surface area contributed by atoms with Gasteiger partial charge < -0.3 is 10.0 Å². The van der Waals surface area contributed by atoms with Crippen LogP contribution in [0.3, 0.4) is 0 Å².